The molecule has 2 aliphatic heterocycles. The van der Waals surface area contributed by atoms with Crippen LogP contribution >= 0.6 is 0 Å². The summed E-state index contributed by atoms with van der Waals surface area (Å²) in [6.45, 7) is 8.51. The molecule has 6 nitrogen and oxygen atoms in total. The molecule has 3 atom stereocenters. The van der Waals surface area contributed by atoms with E-state index in [-0.39, 0.29) is 17.8 Å². The van der Waals surface area contributed by atoms with Crippen LogP contribution in [0, 0.1) is 0 Å². The quantitative estimate of drug-likeness (QED) is 0.125. The van der Waals surface area contributed by atoms with Crippen LogP contribution in [0.1, 0.15) is 43.9 Å². The van der Waals surface area contributed by atoms with Gasteiger partial charge in [-0.05, 0) is 59.1 Å². The van der Waals surface area contributed by atoms with E-state index in [2.05, 4.69) is 69.3 Å². The minimum atomic E-state index is -1.93. The van der Waals surface area contributed by atoms with E-state index >= 15 is 0 Å². The Labute approximate surface area is 246 Å². The molecule has 0 unspecified atom stereocenters. The molecule has 5 rings (SSSR count). The van der Waals surface area contributed by atoms with Crippen molar-refractivity contribution >= 4 is 8.32 Å². The second kappa shape index (κ2) is 12.7. The van der Waals surface area contributed by atoms with Crippen molar-refractivity contribution in [1.29, 1.82) is 0 Å². The van der Waals surface area contributed by atoms with Gasteiger partial charge in [0.15, 0.2) is 8.32 Å². The summed E-state index contributed by atoms with van der Waals surface area (Å²) in [6, 6.07) is 29.9. The monoisotopic (exact) mass is 576 g/mol. The lowest BCUT2D eigenvalue weighted by Crippen LogP contribution is -2.56. The van der Waals surface area contributed by atoms with Gasteiger partial charge in [0.2, 0.25) is 0 Å². The van der Waals surface area contributed by atoms with E-state index in [0.29, 0.717) is 13.2 Å². The third-order valence-corrected chi connectivity index (χ3v) is 13.8. The standard InChI is InChI=1S/C34H44O6Si/c1-6-41(7-2,8-3)40-32-31(37-23-22-33(32)25-39-33)24-38-34(26-12-10-9-11-13-26,27-14-18-29(35-4)19-15-27)28-16-20-30(36-5)21-17-28/h9-21,31-32H,6-8,22-25H2,1-5H3/t31-,32-,33-/m1/s1. The van der Waals surface area contributed by atoms with Crippen molar-refractivity contribution in [2.45, 2.75) is 68.7 Å². The minimum absolute atomic E-state index is 0.150. The molecule has 0 amide bonds. The fraction of sp³-hybridized carbons (Fsp3) is 0.471. The first kappa shape index (κ1) is 29.8. The molecule has 2 fully saturated rings. The summed E-state index contributed by atoms with van der Waals surface area (Å²) < 4.78 is 37.9. The maximum atomic E-state index is 7.21. The van der Waals surface area contributed by atoms with E-state index in [4.69, 9.17) is 28.1 Å². The summed E-state index contributed by atoms with van der Waals surface area (Å²) in [5.74, 6) is 1.59. The van der Waals surface area contributed by atoms with E-state index in [1.165, 1.54) is 0 Å². The predicted octanol–water partition coefficient (Wildman–Crippen LogP) is 6.96. The smallest absolute Gasteiger partial charge is 0.192 e. The maximum absolute atomic E-state index is 7.21. The topological polar surface area (TPSA) is 58.7 Å². The Balaban J connectivity index is 1.57. The van der Waals surface area contributed by atoms with Crippen molar-refractivity contribution < 1.29 is 28.1 Å². The SMILES string of the molecule is CC[Si](CC)(CC)O[C@@H]1[C@@H](COC(c2ccccc2)(c2ccc(OC)cc2)c2ccc(OC)cc2)OCC[C@@]12CO2. The molecule has 220 valence electrons. The molecule has 41 heavy (non-hydrogen) atoms. The average molecular weight is 577 g/mol. The minimum Gasteiger partial charge on any atom is -0.497 e. The number of methoxy groups -OCH3 is 2. The van der Waals surface area contributed by atoms with Gasteiger partial charge in [0.05, 0.1) is 34.0 Å². The van der Waals surface area contributed by atoms with Crippen molar-refractivity contribution in [3.05, 3.63) is 95.6 Å². The molecule has 2 aliphatic rings. The Morgan fingerprint density at radius 2 is 1.29 bits per heavy atom. The zero-order valence-corrected chi connectivity index (χ0v) is 26.1. The molecule has 0 bridgehead atoms. The van der Waals surface area contributed by atoms with E-state index in [1.54, 1.807) is 14.2 Å². The number of ether oxygens (including phenoxy) is 5. The molecule has 0 aliphatic carbocycles. The predicted molar refractivity (Wildman–Crippen MR) is 163 cm³/mol. The Morgan fingerprint density at radius 3 is 1.76 bits per heavy atom. The van der Waals surface area contributed by atoms with E-state index in [9.17, 15) is 0 Å². The summed E-state index contributed by atoms with van der Waals surface area (Å²) in [6.07, 6.45) is 0.460. The largest absolute Gasteiger partial charge is 0.497 e. The van der Waals surface area contributed by atoms with Gasteiger partial charge in [-0.3, -0.25) is 0 Å². The molecule has 0 N–H and O–H groups in total. The zero-order valence-electron chi connectivity index (χ0n) is 25.1. The molecular weight excluding hydrogens is 532 g/mol. The van der Waals surface area contributed by atoms with Crippen LogP contribution in [0.5, 0.6) is 11.5 Å². The van der Waals surface area contributed by atoms with Gasteiger partial charge in [-0.15, -0.1) is 0 Å². The van der Waals surface area contributed by atoms with Gasteiger partial charge in [0.25, 0.3) is 0 Å². The molecule has 3 aromatic carbocycles. The Bertz CT molecular complexity index is 1180. The van der Waals surface area contributed by atoms with Crippen LogP contribution in [0.4, 0.5) is 0 Å². The lowest BCUT2D eigenvalue weighted by Gasteiger charge is -2.44. The maximum Gasteiger partial charge on any atom is 0.192 e. The van der Waals surface area contributed by atoms with Gasteiger partial charge in [-0.1, -0.05) is 75.4 Å². The van der Waals surface area contributed by atoms with Crippen molar-refractivity contribution in [3.8, 4) is 11.5 Å². The molecule has 1 spiro atoms. The lowest BCUT2D eigenvalue weighted by molar-refractivity contribution is -0.149. The molecule has 0 saturated carbocycles. The molecule has 7 heteroatoms. The summed E-state index contributed by atoms with van der Waals surface area (Å²) in [5.41, 5.74) is 1.86. The van der Waals surface area contributed by atoms with Gasteiger partial charge in [0.1, 0.15) is 34.9 Å². The summed E-state index contributed by atoms with van der Waals surface area (Å²) in [7, 11) is 1.44. The Kier molecular flexibility index (Phi) is 9.21. The van der Waals surface area contributed by atoms with E-state index in [0.717, 1.165) is 59.3 Å². The average Bonchev–Trinajstić information content (AvgIpc) is 3.82. The first-order chi connectivity index (χ1) is 20.0. The van der Waals surface area contributed by atoms with E-state index < -0.39 is 13.9 Å². The first-order valence-corrected chi connectivity index (χ1v) is 17.4. The second-order valence-corrected chi connectivity index (χ2v) is 15.8. The highest BCUT2D eigenvalue weighted by atomic mass is 28.4. The van der Waals surface area contributed by atoms with E-state index in [1.807, 2.05) is 30.3 Å². The Hall–Kier alpha value is -2.68. The molecule has 2 heterocycles. The third-order valence-electron chi connectivity index (χ3n) is 9.18. The highest BCUT2D eigenvalue weighted by Gasteiger charge is 2.59. The lowest BCUT2D eigenvalue weighted by atomic mass is 9.80. The number of hydrogen-bond acceptors (Lipinski definition) is 6. The molecule has 3 aromatic rings. The van der Waals surface area contributed by atoms with Gasteiger partial charge < -0.3 is 28.1 Å². The summed E-state index contributed by atoms with van der Waals surface area (Å²) in [4.78, 5) is 0. The number of epoxide rings is 1. The highest BCUT2D eigenvalue weighted by molar-refractivity contribution is 6.73. The van der Waals surface area contributed by atoms with Crippen molar-refractivity contribution in [3.63, 3.8) is 0 Å². The highest BCUT2D eigenvalue weighted by Crippen LogP contribution is 2.46. The summed E-state index contributed by atoms with van der Waals surface area (Å²) >= 11 is 0. The van der Waals surface area contributed by atoms with Crippen molar-refractivity contribution in [1.82, 2.24) is 0 Å². The van der Waals surface area contributed by atoms with Crippen LogP contribution in [0.25, 0.3) is 0 Å². The molecule has 0 aromatic heterocycles. The van der Waals surface area contributed by atoms with Gasteiger partial charge in [-0.25, -0.2) is 0 Å². The van der Waals surface area contributed by atoms with Crippen LogP contribution in [-0.4, -0.2) is 60.2 Å². The molecular formula is C34H44O6Si. The van der Waals surface area contributed by atoms with Gasteiger partial charge >= 0.3 is 0 Å². The number of hydrogen-bond donors (Lipinski definition) is 0. The molecule has 0 radical (unpaired) electrons. The fourth-order valence-electron chi connectivity index (χ4n) is 6.22. The van der Waals surface area contributed by atoms with Gasteiger partial charge in [-0.2, -0.15) is 0 Å². The van der Waals surface area contributed by atoms with Crippen LogP contribution in [0.3, 0.4) is 0 Å². The number of benzene rings is 3. The Morgan fingerprint density at radius 1 is 0.780 bits per heavy atom. The third kappa shape index (κ3) is 5.83. The van der Waals surface area contributed by atoms with Gasteiger partial charge in [0, 0.05) is 6.42 Å². The van der Waals surface area contributed by atoms with Crippen molar-refractivity contribution in [2.75, 3.05) is 34.0 Å². The normalized spacial score (nSPS) is 22.5. The van der Waals surface area contributed by atoms with Crippen molar-refractivity contribution in [2.24, 2.45) is 0 Å². The zero-order chi connectivity index (χ0) is 28.9. The van der Waals surface area contributed by atoms with Crippen LogP contribution in [0.2, 0.25) is 18.1 Å². The van der Waals surface area contributed by atoms with Crippen LogP contribution in [0.15, 0.2) is 78.9 Å². The van der Waals surface area contributed by atoms with Crippen LogP contribution in [-0.2, 0) is 24.2 Å². The van der Waals surface area contributed by atoms with Crippen LogP contribution < -0.4 is 9.47 Å². The summed E-state index contributed by atoms with van der Waals surface area (Å²) in [5, 5.41) is 0. The first-order valence-electron chi connectivity index (χ1n) is 14.9. The molecule has 2 saturated heterocycles. The second-order valence-electron chi connectivity index (χ2n) is 11.1. The number of rotatable bonds is 13. The fourth-order valence-corrected chi connectivity index (χ4v) is 9.13.